The molecule has 0 bridgehead atoms. The third kappa shape index (κ3) is 3.05. The van der Waals surface area contributed by atoms with Gasteiger partial charge in [0.1, 0.15) is 0 Å². The van der Waals surface area contributed by atoms with Crippen molar-refractivity contribution in [2.45, 2.75) is 36.8 Å². The van der Waals surface area contributed by atoms with Gasteiger partial charge in [0.05, 0.1) is 11.5 Å². The second kappa shape index (κ2) is 5.71. The zero-order valence-electron chi connectivity index (χ0n) is 11.3. The smallest absolute Gasteiger partial charge is 0.242 e. The average molecular weight is 316 g/mol. The van der Waals surface area contributed by atoms with E-state index in [1.54, 1.807) is 12.3 Å². The predicted octanol–water partition coefficient (Wildman–Crippen LogP) is 1.35. The third-order valence-corrected chi connectivity index (χ3v) is 6.53. The summed E-state index contributed by atoms with van der Waals surface area (Å²) in [5.41, 5.74) is 0.685. The van der Waals surface area contributed by atoms with Crippen LogP contribution in [0.1, 0.15) is 31.0 Å². The van der Waals surface area contributed by atoms with Crippen molar-refractivity contribution in [3.63, 3.8) is 0 Å². The van der Waals surface area contributed by atoms with Crippen LogP contribution in [-0.2, 0) is 16.6 Å². The topological polar surface area (TPSA) is 71.3 Å². The number of aliphatic hydroxyl groups is 1. The molecule has 1 saturated heterocycles. The Kier molecular flexibility index (Phi) is 4.12. The van der Waals surface area contributed by atoms with E-state index < -0.39 is 10.0 Å². The summed E-state index contributed by atoms with van der Waals surface area (Å²) in [4.78, 5) is 0.277. The van der Waals surface area contributed by atoms with Gasteiger partial charge in [0.15, 0.2) is 0 Å². The van der Waals surface area contributed by atoms with Gasteiger partial charge >= 0.3 is 0 Å². The standard InChI is InChI=1S/C13H20N2O3S2/c16-8-12-5-13(7-15(12)11-1-2-11)20(17,18)14-6-10-3-4-19-9-10/h5,7,10-11,14,16H,1-4,6,8-9H2. The third-order valence-electron chi connectivity index (χ3n) is 3.91. The average Bonchev–Trinajstić information content (AvgIpc) is 2.98. The molecule has 1 aliphatic carbocycles. The highest BCUT2D eigenvalue weighted by atomic mass is 32.2. The Morgan fingerprint density at radius 1 is 1.40 bits per heavy atom. The molecule has 20 heavy (non-hydrogen) atoms. The molecule has 7 heteroatoms. The summed E-state index contributed by atoms with van der Waals surface area (Å²) in [5, 5.41) is 9.34. The Bertz CT molecular complexity index is 572. The fraction of sp³-hybridized carbons (Fsp3) is 0.692. The molecule has 1 saturated carbocycles. The molecule has 1 atom stereocenters. The number of thioether (sulfide) groups is 1. The Balaban J connectivity index is 1.72. The van der Waals surface area contributed by atoms with Crippen LogP contribution in [0.5, 0.6) is 0 Å². The Hall–Kier alpha value is -0.500. The van der Waals surface area contributed by atoms with E-state index in [4.69, 9.17) is 0 Å². The highest BCUT2D eigenvalue weighted by Crippen LogP contribution is 2.37. The number of sulfonamides is 1. The summed E-state index contributed by atoms with van der Waals surface area (Å²) in [6, 6.07) is 1.96. The van der Waals surface area contributed by atoms with Crippen LogP contribution in [0, 0.1) is 5.92 Å². The van der Waals surface area contributed by atoms with E-state index in [9.17, 15) is 13.5 Å². The van der Waals surface area contributed by atoms with E-state index in [1.807, 2.05) is 16.3 Å². The molecule has 0 radical (unpaired) electrons. The summed E-state index contributed by atoms with van der Waals surface area (Å²) in [6.07, 6.45) is 4.87. The van der Waals surface area contributed by atoms with Crippen molar-refractivity contribution in [1.82, 2.24) is 9.29 Å². The zero-order valence-corrected chi connectivity index (χ0v) is 12.9. The fourth-order valence-electron chi connectivity index (χ4n) is 2.52. The lowest BCUT2D eigenvalue weighted by atomic mass is 10.1. The van der Waals surface area contributed by atoms with Crippen molar-refractivity contribution >= 4 is 21.8 Å². The molecule has 112 valence electrons. The Morgan fingerprint density at radius 3 is 2.80 bits per heavy atom. The van der Waals surface area contributed by atoms with Crippen molar-refractivity contribution in [3.8, 4) is 0 Å². The first-order chi connectivity index (χ1) is 9.60. The number of hydrogen-bond donors (Lipinski definition) is 2. The minimum atomic E-state index is -3.46. The number of nitrogens with one attached hydrogen (secondary N) is 1. The van der Waals surface area contributed by atoms with Crippen molar-refractivity contribution in [2.24, 2.45) is 5.92 Å². The number of aromatic nitrogens is 1. The number of nitrogens with zero attached hydrogens (tertiary/aromatic N) is 1. The van der Waals surface area contributed by atoms with Crippen LogP contribution in [0.15, 0.2) is 17.2 Å². The monoisotopic (exact) mass is 316 g/mol. The van der Waals surface area contributed by atoms with Crippen LogP contribution in [0.2, 0.25) is 0 Å². The first-order valence-electron chi connectivity index (χ1n) is 6.99. The summed E-state index contributed by atoms with van der Waals surface area (Å²) in [7, 11) is -3.46. The van der Waals surface area contributed by atoms with Crippen molar-refractivity contribution in [3.05, 3.63) is 18.0 Å². The lowest BCUT2D eigenvalue weighted by Crippen LogP contribution is -2.29. The van der Waals surface area contributed by atoms with E-state index >= 15 is 0 Å². The molecule has 2 fully saturated rings. The second-order valence-electron chi connectivity index (χ2n) is 5.55. The van der Waals surface area contributed by atoms with Gasteiger partial charge in [-0.3, -0.25) is 0 Å². The number of hydrogen-bond acceptors (Lipinski definition) is 4. The molecule has 2 heterocycles. The van der Waals surface area contributed by atoms with Crippen LogP contribution in [0.4, 0.5) is 0 Å². The fourth-order valence-corrected chi connectivity index (χ4v) is 4.97. The predicted molar refractivity (Wildman–Crippen MR) is 79.2 cm³/mol. The molecule has 2 N–H and O–H groups in total. The lowest BCUT2D eigenvalue weighted by molar-refractivity contribution is 0.270. The van der Waals surface area contributed by atoms with Gasteiger partial charge in [-0.1, -0.05) is 0 Å². The molecule has 1 unspecified atom stereocenters. The zero-order chi connectivity index (χ0) is 14.2. The van der Waals surface area contributed by atoms with Crippen LogP contribution in [-0.4, -0.2) is 36.1 Å². The maximum Gasteiger partial charge on any atom is 0.242 e. The van der Waals surface area contributed by atoms with Gasteiger partial charge in [0.25, 0.3) is 0 Å². The minimum Gasteiger partial charge on any atom is -0.390 e. The quantitative estimate of drug-likeness (QED) is 0.831. The molecular weight excluding hydrogens is 296 g/mol. The molecule has 1 aliphatic heterocycles. The van der Waals surface area contributed by atoms with Gasteiger partial charge in [0, 0.05) is 24.5 Å². The molecule has 5 nitrogen and oxygen atoms in total. The highest BCUT2D eigenvalue weighted by Gasteiger charge is 2.28. The van der Waals surface area contributed by atoms with E-state index in [0.717, 1.165) is 30.8 Å². The van der Waals surface area contributed by atoms with Crippen molar-refractivity contribution < 1.29 is 13.5 Å². The van der Waals surface area contributed by atoms with Crippen LogP contribution in [0.25, 0.3) is 0 Å². The van der Waals surface area contributed by atoms with Gasteiger partial charge in [0.2, 0.25) is 10.0 Å². The lowest BCUT2D eigenvalue weighted by Gasteiger charge is -2.09. The number of aliphatic hydroxyl groups excluding tert-OH is 1. The van der Waals surface area contributed by atoms with E-state index in [2.05, 4.69) is 4.72 Å². The van der Waals surface area contributed by atoms with Gasteiger partial charge in [-0.05, 0) is 42.8 Å². The molecule has 0 spiro atoms. The summed E-state index contributed by atoms with van der Waals surface area (Å²) in [5.74, 6) is 2.60. The van der Waals surface area contributed by atoms with Crippen LogP contribution >= 0.6 is 11.8 Å². The van der Waals surface area contributed by atoms with E-state index in [-0.39, 0.29) is 11.5 Å². The molecule has 1 aromatic heterocycles. The molecule has 3 rings (SSSR count). The minimum absolute atomic E-state index is 0.120. The SMILES string of the molecule is O=S(=O)(NCC1CCSC1)c1cc(CO)n(C2CC2)c1. The maximum atomic E-state index is 12.3. The molecule has 0 amide bonds. The Labute approximate surface area is 123 Å². The largest absolute Gasteiger partial charge is 0.390 e. The van der Waals surface area contributed by atoms with Gasteiger partial charge < -0.3 is 9.67 Å². The molecule has 1 aromatic rings. The molecular formula is C13H20N2O3S2. The summed E-state index contributed by atoms with van der Waals surface area (Å²) < 4.78 is 29.2. The van der Waals surface area contributed by atoms with Gasteiger partial charge in [-0.25, -0.2) is 13.1 Å². The van der Waals surface area contributed by atoms with Crippen LogP contribution < -0.4 is 4.72 Å². The van der Waals surface area contributed by atoms with Crippen molar-refractivity contribution in [2.75, 3.05) is 18.1 Å². The van der Waals surface area contributed by atoms with Crippen molar-refractivity contribution in [1.29, 1.82) is 0 Å². The summed E-state index contributed by atoms with van der Waals surface area (Å²) >= 11 is 1.88. The van der Waals surface area contributed by atoms with E-state index in [1.165, 1.54) is 0 Å². The normalized spacial score (nSPS) is 23.4. The number of rotatable bonds is 6. The van der Waals surface area contributed by atoms with Gasteiger partial charge in [-0.2, -0.15) is 11.8 Å². The molecule has 0 aromatic carbocycles. The summed E-state index contributed by atoms with van der Waals surface area (Å²) in [6.45, 7) is 0.393. The van der Waals surface area contributed by atoms with E-state index in [0.29, 0.717) is 24.2 Å². The Morgan fingerprint density at radius 2 is 2.20 bits per heavy atom. The molecule has 2 aliphatic rings. The second-order valence-corrected chi connectivity index (χ2v) is 8.46. The first kappa shape index (κ1) is 14.4. The first-order valence-corrected chi connectivity index (χ1v) is 9.63. The maximum absolute atomic E-state index is 12.3. The van der Waals surface area contributed by atoms with Gasteiger partial charge in [-0.15, -0.1) is 0 Å². The highest BCUT2D eigenvalue weighted by molar-refractivity contribution is 7.99. The van der Waals surface area contributed by atoms with Crippen LogP contribution in [0.3, 0.4) is 0 Å².